The summed E-state index contributed by atoms with van der Waals surface area (Å²) in [5, 5.41) is 12.6. The van der Waals surface area contributed by atoms with Gasteiger partial charge in [-0.1, -0.05) is 84.9 Å². The standard InChI is InChI=1S/C72H49N2OSi/c1-5-24-55(25-6-1)73-66-36-16-15-35-62(66)63-45-52(39-41-69(63)73)53-40-42-71-64(46-53)65-47-54(48-70(72(65)75-71)74-67-37-17-13-33-60(67)61-34-14-18-38-68(61)74)50-22-19-21-49(43-50)51-23-20-32-59(44-51)76(56-26-7-2-8-27-56,57-28-9-3-10-29-57)58-30-11-4-12-31-58/h1-48,76H/q-1. The summed E-state index contributed by atoms with van der Waals surface area (Å²) in [6.45, 7) is 0. The normalized spacial score (nSPS) is 12.2. The molecule has 3 heterocycles. The van der Waals surface area contributed by atoms with E-state index in [2.05, 4.69) is 300 Å². The first-order valence-corrected chi connectivity index (χ1v) is 28.6. The zero-order valence-electron chi connectivity index (χ0n) is 41.6. The molecule has 76 heavy (non-hydrogen) atoms. The molecule has 0 amide bonds. The van der Waals surface area contributed by atoms with Gasteiger partial charge in [0, 0.05) is 16.5 Å². The van der Waals surface area contributed by atoms with Crippen LogP contribution in [0, 0.1) is 0 Å². The molecule has 0 saturated carbocycles. The van der Waals surface area contributed by atoms with Crippen molar-refractivity contribution in [3.05, 3.63) is 291 Å². The molecule has 0 bridgehead atoms. The topological polar surface area (TPSA) is 23.0 Å². The van der Waals surface area contributed by atoms with Gasteiger partial charge in [-0.2, -0.15) is 0 Å². The van der Waals surface area contributed by atoms with Gasteiger partial charge in [-0.05, 0) is 35.9 Å². The predicted molar refractivity (Wildman–Crippen MR) is 324 cm³/mol. The largest absolute Gasteiger partial charge is 0.0602 e. The fraction of sp³-hybridized carbons (Fsp3) is 0. The third kappa shape index (κ3) is 6.88. The van der Waals surface area contributed by atoms with Crippen LogP contribution >= 0.6 is 0 Å². The molecule has 15 aromatic rings. The van der Waals surface area contributed by atoms with Gasteiger partial charge in [-0.25, -0.2) is 0 Å². The molecule has 358 valence electrons. The zero-order valence-corrected chi connectivity index (χ0v) is 42.7. The van der Waals surface area contributed by atoms with Gasteiger partial charge in [0.25, 0.3) is 0 Å². The molecule has 3 aromatic heterocycles. The molecule has 0 spiro atoms. The Kier molecular flexibility index (Phi) is 10.2. The van der Waals surface area contributed by atoms with E-state index < -0.39 is 8.07 Å². The van der Waals surface area contributed by atoms with Crippen molar-refractivity contribution in [3.8, 4) is 44.8 Å². The first-order chi connectivity index (χ1) is 37.7. The second-order valence-electron chi connectivity index (χ2n) is 20.3. The van der Waals surface area contributed by atoms with Crippen molar-refractivity contribution in [1.82, 2.24) is 9.13 Å². The molecule has 0 aliphatic rings. The van der Waals surface area contributed by atoms with Gasteiger partial charge >= 0.3 is 291 Å². The molecule has 0 unspecified atom stereocenters. The van der Waals surface area contributed by atoms with E-state index in [9.17, 15) is 0 Å². The fourth-order valence-corrected chi connectivity index (χ4v) is 18.3. The number of hydrogen-bond donors (Lipinski definition) is 0. The molecular weight excluding hydrogens is 937 g/mol. The van der Waals surface area contributed by atoms with Crippen LogP contribution in [-0.2, 0) is 0 Å². The Balaban J connectivity index is 0.924. The SMILES string of the molecule is c1ccc(-n2c3ccccc3c3cc(-c4ccc5oc6c(-n7c8ccccc8c8ccccc87)cc(-c7cccc(-c8cccc([SiH-](c9ccccc9)(c9ccccc9)c9ccccc9)c8)c7)cc6c5c4)ccc32)cc1. The van der Waals surface area contributed by atoms with Gasteiger partial charge in [0.15, 0.2) is 0 Å². The van der Waals surface area contributed by atoms with Crippen LogP contribution < -0.4 is 20.7 Å². The number of rotatable bonds is 9. The Morgan fingerprint density at radius 1 is 0.250 bits per heavy atom. The minimum atomic E-state index is -3.20. The third-order valence-electron chi connectivity index (χ3n) is 16.2. The van der Waals surface area contributed by atoms with E-state index in [4.69, 9.17) is 4.42 Å². The maximum absolute atomic E-state index is 7.10. The monoisotopic (exact) mass is 985 g/mol. The predicted octanol–water partition coefficient (Wildman–Crippen LogP) is 15.9. The van der Waals surface area contributed by atoms with Crippen molar-refractivity contribution in [2.24, 2.45) is 0 Å². The van der Waals surface area contributed by atoms with Crippen LogP contribution in [0.5, 0.6) is 0 Å². The van der Waals surface area contributed by atoms with E-state index in [1.807, 2.05) is 0 Å². The van der Waals surface area contributed by atoms with Crippen LogP contribution in [-0.4, -0.2) is 17.2 Å². The van der Waals surface area contributed by atoms with Crippen LogP contribution in [0.15, 0.2) is 296 Å². The maximum atomic E-state index is 7.10. The quantitative estimate of drug-likeness (QED) is 0.104. The summed E-state index contributed by atoms with van der Waals surface area (Å²) in [6, 6.07) is 107. The smallest absolute Gasteiger partial charge is 0.0541 e. The third-order valence-corrected chi connectivity index (χ3v) is 21.7. The van der Waals surface area contributed by atoms with Crippen LogP contribution in [0.2, 0.25) is 0 Å². The molecule has 0 radical (unpaired) electrons. The zero-order chi connectivity index (χ0) is 50.2. The van der Waals surface area contributed by atoms with Crippen molar-refractivity contribution >= 4 is 94.4 Å². The summed E-state index contributed by atoms with van der Waals surface area (Å²) in [7, 11) is -3.20. The Bertz CT molecular complexity index is 4540. The summed E-state index contributed by atoms with van der Waals surface area (Å²) >= 11 is 0. The van der Waals surface area contributed by atoms with E-state index >= 15 is 0 Å². The van der Waals surface area contributed by atoms with Gasteiger partial charge in [0.1, 0.15) is 0 Å². The molecule has 12 aromatic carbocycles. The van der Waals surface area contributed by atoms with Gasteiger partial charge in [0.05, 0.1) is 11.0 Å². The molecule has 0 aliphatic carbocycles. The summed E-state index contributed by atoms with van der Waals surface area (Å²) in [6.07, 6.45) is 0. The summed E-state index contributed by atoms with van der Waals surface area (Å²) < 4.78 is 11.9. The van der Waals surface area contributed by atoms with Crippen LogP contribution in [0.1, 0.15) is 0 Å². The Morgan fingerprint density at radius 2 is 0.671 bits per heavy atom. The van der Waals surface area contributed by atoms with Crippen molar-refractivity contribution < 1.29 is 4.42 Å². The van der Waals surface area contributed by atoms with Gasteiger partial charge in [-0.3, -0.25) is 0 Å². The van der Waals surface area contributed by atoms with Gasteiger partial charge in [0.2, 0.25) is 0 Å². The van der Waals surface area contributed by atoms with Gasteiger partial charge in [-0.15, -0.1) is 0 Å². The molecule has 0 fully saturated rings. The Morgan fingerprint density at radius 3 is 1.28 bits per heavy atom. The van der Waals surface area contributed by atoms with Crippen molar-refractivity contribution in [1.29, 1.82) is 0 Å². The number of nitrogens with zero attached hydrogens (tertiary/aromatic N) is 2. The first-order valence-electron chi connectivity index (χ1n) is 26.3. The number of hydrogen-bond acceptors (Lipinski definition) is 1. The van der Waals surface area contributed by atoms with Crippen molar-refractivity contribution in [2.75, 3.05) is 0 Å². The van der Waals surface area contributed by atoms with Crippen LogP contribution in [0.3, 0.4) is 0 Å². The van der Waals surface area contributed by atoms with E-state index in [-0.39, 0.29) is 0 Å². The minimum absolute atomic E-state index is 0.856. The van der Waals surface area contributed by atoms with Crippen LogP contribution in [0.4, 0.5) is 0 Å². The molecule has 0 atom stereocenters. The van der Waals surface area contributed by atoms with E-state index in [1.54, 1.807) is 0 Å². The van der Waals surface area contributed by atoms with Gasteiger partial charge < -0.3 is 4.57 Å². The summed E-state index contributed by atoms with van der Waals surface area (Å²) in [5.41, 5.74) is 15.5. The van der Waals surface area contributed by atoms with Crippen molar-refractivity contribution in [2.45, 2.75) is 0 Å². The van der Waals surface area contributed by atoms with E-state index in [0.29, 0.717) is 0 Å². The Labute approximate surface area is 441 Å². The van der Waals surface area contributed by atoms with Crippen LogP contribution in [0.25, 0.3) is 110 Å². The van der Waals surface area contributed by atoms with Crippen molar-refractivity contribution in [3.63, 3.8) is 0 Å². The molecule has 0 aliphatic heterocycles. The second kappa shape index (κ2) is 17.7. The molecule has 0 saturated heterocycles. The molecule has 4 heteroatoms. The average Bonchev–Trinajstić information content (AvgIpc) is 4.24. The minimum Gasteiger partial charge on any atom is -0.0602 e. The molecule has 0 N–H and O–H groups in total. The second-order valence-corrected chi connectivity index (χ2v) is 24.7. The number of para-hydroxylation sites is 4. The molecule has 15 rings (SSSR count). The average molecular weight is 986 g/mol. The fourth-order valence-electron chi connectivity index (χ4n) is 12.8. The van der Waals surface area contributed by atoms with E-state index in [0.717, 1.165) is 66.6 Å². The van der Waals surface area contributed by atoms with E-state index in [1.165, 1.54) is 64.5 Å². The number of aromatic nitrogens is 2. The summed E-state index contributed by atoms with van der Waals surface area (Å²) in [4.78, 5) is 0. The number of furan rings is 1. The molecule has 3 nitrogen and oxygen atoms in total. The molecular formula is C72H49N2OSi-. The number of benzene rings is 12. The first kappa shape index (κ1) is 43.8. The Hall–Kier alpha value is -9.74. The maximum Gasteiger partial charge on any atom is 0.0541 e. The number of fused-ring (bicyclic) bond motifs is 9. The summed E-state index contributed by atoms with van der Waals surface area (Å²) in [5.74, 6) is 0.